The Hall–Kier alpha value is -2.71. The number of carbonyl (C=O) groups is 1. The summed E-state index contributed by atoms with van der Waals surface area (Å²) in [7, 11) is 1.58. The molecule has 2 heteroatoms. The summed E-state index contributed by atoms with van der Waals surface area (Å²) in [5.74, 6) is -0.0713. The second-order valence-corrected chi connectivity index (χ2v) is 5.31. The molecule has 0 aliphatic rings. The SMILES string of the molecule is COC(C(=O)c1ccccc1)(c1ccccc1)c1ccccc1. The third-order valence-electron chi connectivity index (χ3n) is 4.02. The van der Waals surface area contributed by atoms with Crippen LogP contribution in [0.15, 0.2) is 91.0 Å². The van der Waals surface area contributed by atoms with E-state index in [-0.39, 0.29) is 5.78 Å². The van der Waals surface area contributed by atoms with Crippen molar-refractivity contribution in [1.29, 1.82) is 0 Å². The molecule has 23 heavy (non-hydrogen) atoms. The number of Topliss-reactive ketones (excluding diaryl/α,β-unsaturated/α-hetero) is 1. The molecule has 0 saturated carbocycles. The molecule has 3 aromatic rings. The Bertz CT molecular complexity index is 725. The molecule has 0 atom stereocenters. The van der Waals surface area contributed by atoms with Crippen LogP contribution in [0.2, 0.25) is 0 Å². The topological polar surface area (TPSA) is 26.3 Å². The van der Waals surface area contributed by atoms with Crippen LogP contribution >= 0.6 is 0 Å². The second-order valence-electron chi connectivity index (χ2n) is 5.31. The molecule has 3 aromatic carbocycles. The molecule has 3 rings (SSSR count). The van der Waals surface area contributed by atoms with Gasteiger partial charge in [0.05, 0.1) is 0 Å². The summed E-state index contributed by atoms with van der Waals surface area (Å²) < 4.78 is 5.88. The van der Waals surface area contributed by atoms with Crippen LogP contribution in [0.3, 0.4) is 0 Å². The quantitative estimate of drug-likeness (QED) is 0.650. The van der Waals surface area contributed by atoms with E-state index >= 15 is 0 Å². The number of carbonyl (C=O) groups excluding carboxylic acids is 1. The molecule has 0 heterocycles. The van der Waals surface area contributed by atoms with Crippen molar-refractivity contribution < 1.29 is 9.53 Å². The van der Waals surface area contributed by atoms with Crippen molar-refractivity contribution in [1.82, 2.24) is 0 Å². The second kappa shape index (κ2) is 6.59. The number of hydrogen-bond donors (Lipinski definition) is 0. The summed E-state index contributed by atoms with van der Waals surface area (Å²) in [6, 6.07) is 28.5. The molecule has 0 aliphatic carbocycles. The number of benzene rings is 3. The molecule has 0 radical (unpaired) electrons. The summed E-state index contributed by atoms with van der Waals surface area (Å²) in [6.45, 7) is 0. The molecular formula is C21H18O2. The van der Waals surface area contributed by atoms with Crippen LogP contribution < -0.4 is 0 Å². The van der Waals surface area contributed by atoms with Gasteiger partial charge in [0.1, 0.15) is 0 Å². The first-order chi connectivity index (χ1) is 11.3. The first-order valence-corrected chi connectivity index (χ1v) is 7.55. The lowest BCUT2D eigenvalue weighted by Crippen LogP contribution is -2.39. The Morgan fingerprint density at radius 1 is 0.696 bits per heavy atom. The zero-order valence-corrected chi connectivity index (χ0v) is 13.0. The van der Waals surface area contributed by atoms with Gasteiger partial charge in [-0.15, -0.1) is 0 Å². The summed E-state index contributed by atoms with van der Waals surface area (Å²) in [6.07, 6.45) is 0. The number of ketones is 1. The molecule has 0 saturated heterocycles. The van der Waals surface area contributed by atoms with Crippen molar-refractivity contribution in [2.75, 3.05) is 7.11 Å². The molecule has 0 aliphatic heterocycles. The summed E-state index contributed by atoms with van der Waals surface area (Å²) >= 11 is 0. The molecule has 0 aromatic heterocycles. The lowest BCUT2D eigenvalue weighted by molar-refractivity contribution is 0.0224. The predicted octanol–water partition coefficient (Wildman–Crippen LogP) is 4.46. The highest BCUT2D eigenvalue weighted by Gasteiger charge is 2.42. The minimum atomic E-state index is -1.15. The van der Waals surface area contributed by atoms with Gasteiger partial charge in [-0.1, -0.05) is 91.0 Å². The smallest absolute Gasteiger partial charge is 0.203 e. The molecular weight excluding hydrogens is 284 g/mol. The minimum absolute atomic E-state index is 0.0713. The largest absolute Gasteiger partial charge is 0.361 e. The lowest BCUT2D eigenvalue weighted by atomic mass is 9.80. The first kappa shape index (κ1) is 15.2. The van der Waals surface area contributed by atoms with Gasteiger partial charge in [0.15, 0.2) is 5.60 Å². The van der Waals surface area contributed by atoms with Gasteiger partial charge in [0.2, 0.25) is 5.78 Å². The van der Waals surface area contributed by atoms with Crippen LogP contribution in [0.4, 0.5) is 0 Å². The van der Waals surface area contributed by atoms with E-state index in [9.17, 15) is 4.79 Å². The highest BCUT2D eigenvalue weighted by atomic mass is 16.5. The average Bonchev–Trinajstić information content (AvgIpc) is 2.65. The van der Waals surface area contributed by atoms with Gasteiger partial charge in [-0.25, -0.2) is 0 Å². The van der Waals surface area contributed by atoms with E-state index in [1.807, 2.05) is 91.0 Å². The van der Waals surface area contributed by atoms with Crippen molar-refractivity contribution in [3.05, 3.63) is 108 Å². The lowest BCUT2D eigenvalue weighted by Gasteiger charge is -2.32. The van der Waals surface area contributed by atoms with Gasteiger partial charge < -0.3 is 4.74 Å². The Morgan fingerprint density at radius 3 is 1.48 bits per heavy atom. The number of hydrogen-bond acceptors (Lipinski definition) is 2. The molecule has 2 nitrogen and oxygen atoms in total. The van der Waals surface area contributed by atoms with E-state index < -0.39 is 5.60 Å². The van der Waals surface area contributed by atoms with E-state index in [1.165, 1.54) is 0 Å². The van der Waals surface area contributed by atoms with Crippen LogP contribution in [0.25, 0.3) is 0 Å². The zero-order valence-electron chi connectivity index (χ0n) is 13.0. The van der Waals surface area contributed by atoms with Crippen LogP contribution in [-0.2, 0) is 10.3 Å². The molecule has 0 unspecified atom stereocenters. The standard InChI is InChI=1S/C21H18O2/c1-23-21(18-13-7-3-8-14-18,19-15-9-4-10-16-19)20(22)17-11-5-2-6-12-17/h2-16H,1H3. The van der Waals surface area contributed by atoms with Crippen molar-refractivity contribution in [3.8, 4) is 0 Å². The van der Waals surface area contributed by atoms with Crippen molar-refractivity contribution in [2.24, 2.45) is 0 Å². The summed E-state index contributed by atoms with van der Waals surface area (Å²) in [5.41, 5.74) is 1.12. The minimum Gasteiger partial charge on any atom is -0.361 e. The monoisotopic (exact) mass is 302 g/mol. The highest BCUT2D eigenvalue weighted by molar-refractivity contribution is 6.05. The normalized spacial score (nSPS) is 11.2. The fourth-order valence-corrected chi connectivity index (χ4v) is 2.90. The third-order valence-corrected chi connectivity index (χ3v) is 4.02. The fraction of sp³-hybridized carbons (Fsp3) is 0.0952. The van der Waals surface area contributed by atoms with E-state index in [0.717, 1.165) is 11.1 Å². The van der Waals surface area contributed by atoms with Gasteiger partial charge in [-0.3, -0.25) is 4.79 Å². The highest BCUT2D eigenvalue weighted by Crippen LogP contribution is 2.36. The number of ether oxygens (including phenoxy) is 1. The van der Waals surface area contributed by atoms with Gasteiger partial charge >= 0.3 is 0 Å². The molecule has 0 N–H and O–H groups in total. The molecule has 0 bridgehead atoms. The van der Waals surface area contributed by atoms with Gasteiger partial charge in [-0.05, 0) is 11.1 Å². The van der Waals surface area contributed by atoms with Gasteiger partial charge in [-0.2, -0.15) is 0 Å². The Kier molecular flexibility index (Phi) is 4.35. The fourth-order valence-electron chi connectivity index (χ4n) is 2.90. The van der Waals surface area contributed by atoms with Gasteiger partial charge in [0.25, 0.3) is 0 Å². The Morgan fingerprint density at radius 2 is 1.09 bits per heavy atom. The summed E-state index contributed by atoms with van der Waals surface area (Å²) in [5, 5.41) is 0. The van der Waals surface area contributed by atoms with E-state index in [2.05, 4.69) is 0 Å². The van der Waals surface area contributed by atoms with Crippen LogP contribution in [-0.4, -0.2) is 12.9 Å². The summed E-state index contributed by atoms with van der Waals surface area (Å²) in [4.78, 5) is 13.4. The maximum absolute atomic E-state index is 13.4. The molecule has 0 fully saturated rings. The Labute approximate surface area is 136 Å². The predicted molar refractivity (Wildman–Crippen MR) is 91.4 cm³/mol. The van der Waals surface area contributed by atoms with Crippen LogP contribution in [0.5, 0.6) is 0 Å². The number of rotatable bonds is 5. The average molecular weight is 302 g/mol. The van der Waals surface area contributed by atoms with E-state index in [4.69, 9.17) is 4.74 Å². The van der Waals surface area contributed by atoms with Crippen molar-refractivity contribution in [3.63, 3.8) is 0 Å². The Balaban J connectivity index is 2.24. The van der Waals surface area contributed by atoms with Crippen LogP contribution in [0, 0.1) is 0 Å². The number of methoxy groups -OCH3 is 1. The van der Waals surface area contributed by atoms with E-state index in [1.54, 1.807) is 7.11 Å². The maximum atomic E-state index is 13.4. The molecule has 0 spiro atoms. The third kappa shape index (κ3) is 2.69. The molecule has 114 valence electrons. The van der Waals surface area contributed by atoms with E-state index in [0.29, 0.717) is 5.56 Å². The van der Waals surface area contributed by atoms with Crippen molar-refractivity contribution >= 4 is 5.78 Å². The van der Waals surface area contributed by atoms with Gasteiger partial charge in [0, 0.05) is 12.7 Å². The zero-order chi connectivity index (χ0) is 16.1. The van der Waals surface area contributed by atoms with Crippen LogP contribution in [0.1, 0.15) is 21.5 Å². The first-order valence-electron chi connectivity index (χ1n) is 7.55. The van der Waals surface area contributed by atoms with Crippen molar-refractivity contribution in [2.45, 2.75) is 5.60 Å². The molecule has 0 amide bonds. The maximum Gasteiger partial charge on any atom is 0.203 e.